The van der Waals surface area contributed by atoms with Gasteiger partial charge in [0.15, 0.2) is 0 Å². The van der Waals surface area contributed by atoms with Crippen molar-refractivity contribution in [1.82, 2.24) is 15.3 Å². The molecule has 156 valence electrons. The molecule has 1 atom stereocenters. The number of nitrogens with one attached hydrogen (secondary N) is 1. The van der Waals surface area contributed by atoms with Gasteiger partial charge in [-0.1, -0.05) is 29.3 Å². The Kier molecular flexibility index (Phi) is 6.65. The molecule has 0 aliphatic heterocycles. The number of carbonyl (C=O) groups is 1. The molecule has 1 fully saturated rings. The highest BCUT2D eigenvalue weighted by atomic mass is 35.5. The summed E-state index contributed by atoms with van der Waals surface area (Å²) in [6.45, 7) is 0. The van der Waals surface area contributed by atoms with E-state index in [4.69, 9.17) is 23.2 Å². The number of aliphatic hydroxyl groups is 1. The minimum absolute atomic E-state index is 0.0500. The number of halogens is 5. The number of hydrogen-bond acceptors (Lipinski definition) is 4. The molecular formula is C19H18Cl2F3N3O2. The number of amides is 1. The lowest BCUT2D eigenvalue weighted by atomic mass is 9.76. The van der Waals surface area contributed by atoms with Gasteiger partial charge in [-0.15, -0.1) is 0 Å². The fourth-order valence-corrected chi connectivity index (χ4v) is 3.98. The molecule has 0 saturated heterocycles. The first-order chi connectivity index (χ1) is 13.7. The summed E-state index contributed by atoms with van der Waals surface area (Å²) in [6, 6.07) is 3.11. The topological polar surface area (TPSA) is 75.1 Å². The molecule has 1 saturated carbocycles. The van der Waals surface area contributed by atoms with Gasteiger partial charge < -0.3 is 10.4 Å². The zero-order valence-corrected chi connectivity index (χ0v) is 16.6. The summed E-state index contributed by atoms with van der Waals surface area (Å²) in [7, 11) is 0. The van der Waals surface area contributed by atoms with Crippen LogP contribution in [0.3, 0.4) is 0 Å². The lowest BCUT2D eigenvalue weighted by Gasteiger charge is -2.40. The van der Waals surface area contributed by atoms with Crippen molar-refractivity contribution in [2.75, 3.05) is 0 Å². The van der Waals surface area contributed by atoms with Crippen molar-refractivity contribution in [2.24, 2.45) is 0 Å². The van der Waals surface area contributed by atoms with Crippen LogP contribution in [0.15, 0.2) is 30.6 Å². The Labute approximate surface area is 175 Å². The van der Waals surface area contributed by atoms with Gasteiger partial charge in [0.25, 0.3) is 12.3 Å². The smallest absolute Gasteiger partial charge is 0.272 e. The van der Waals surface area contributed by atoms with E-state index in [-0.39, 0.29) is 30.8 Å². The third-order valence-corrected chi connectivity index (χ3v) is 5.77. The zero-order chi connectivity index (χ0) is 21.2. The summed E-state index contributed by atoms with van der Waals surface area (Å²) in [5, 5.41) is 13.4. The van der Waals surface area contributed by atoms with Crippen LogP contribution in [0, 0.1) is 0 Å². The predicted molar refractivity (Wildman–Crippen MR) is 102 cm³/mol. The molecule has 2 aromatic heterocycles. The quantitative estimate of drug-likeness (QED) is 0.643. The van der Waals surface area contributed by atoms with Crippen molar-refractivity contribution in [3.63, 3.8) is 0 Å². The molecule has 2 N–H and O–H groups in total. The number of pyridine rings is 2. The van der Waals surface area contributed by atoms with Crippen molar-refractivity contribution in [3.8, 4) is 0 Å². The van der Waals surface area contributed by atoms with E-state index in [0.29, 0.717) is 5.56 Å². The van der Waals surface area contributed by atoms with Gasteiger partial charge in [-0.3, -0.25) is 4.79 Å². The first-order valence-corrected chi connectivity index (χ1v) is 9.69. The first-order valence-electron chi connectivity index (χ1n) is 8.93. The molecule has 1 aliphatic carbocycles. The second-order valence-corrected chi connectivity index (χ2v) is 7.67. The fraction of sp³-hybridized carbons (Fsp3) is 0.421. The number of nitrogens with zero attached hydrogens (tertiary/aromatic N) is 2. The van der Waals surface area contributed by atoms with Crippen LogP contribution in [-0.2, 0) is 0 Å². The molecule has 0 radical (unpaired) electrons. The maximum absolute atomic E-state index is 13.6. The van der Waals surface area contributed by atoms with Crippen molar-refractivity contribution < 1.29 is 23.1 Å². The Morgan fingerprint density at radius 1 is 1.17 bits per heavy atom. The van der Waals surface area contributed by atoms with Gasteiger partial charge in [0.2, 0.25) is 0 Å². The second kappa shape index (κ2) is 8.85. The molecule has 2 aromatic rings. The van der Waals surface area contributed by atoms with Gasteiger partial charge in [-0.2, -0.15) is 0 Å². The Hall–Kier alpha value is -1.90. The Morgan fingerprint density at radius 2 is 1.86 bits per heavy atom. The Morgan fingerprint density at radius 3 is 2.48 bits per heavy atom. The van der Waals surface area contributed by atoms with Crippen LogP contribution in [0.1, 0.15) is 59.8 Å². The molecule has 29 heavy (non-hydrogen) atoms. The van der Waals surface area contributed by atoms with Crippen molar-refractivity contribution in [3.05, 3.63) is 57.6 Å². The maximum Gasteiger partial charge on any atom is 0.272 e. The molecule has 3 rings (SSSR count). The monoisotopic (exact) mass is 447 g/mol. The van der Waals surface area contributed by atoms with Crippen LogP contribution in [0.4, 0.5) is 13.2 Å². The number of rotatable bonds is 5. The van der Waals surface area contributed by atoms with Crippen molar-refractivity contribution >= 4 is 29.1 Å². The second-order valence-electron chi connectivity index (χ2n) is 6.93. The largest absolute Gasteiger partial charge is 0.387 e. The minimum Gasteiger partial charge on any atom is -0.387 e. The third kappa shape index (κ3) is 4.65. The summed E-state index contributed by atoms with van der Waals surface area (Å²) in [5.41, 5.74) is -2.11. The average Bonchev–Trinajstić information content (AvgIpc) is 2.69. The molecule has 0 spiro atoms. The highest BCUT2D eigenvalue weighted by molar-refractivity contribution is 6.34. The lowest BCUT2D eigenvalue weighted by molar-refractivity contribution is -0.0446. The van der Waals surface area contributed by atoms with Crippen molar-refractivity contribution in [2.45, 2.75) is 49.9 Å². The molecule has 1 amide bonds. The van der Waals surface area contributed by atoms with E-state index in [0.717, 1.165) is 12.3 Å². The highest BCUT2D eigenvalue weighted by Crippen LogP contribution is 2.41. The van der Waals surface area contributed by atoms with Crippen LogP contribution in [0.25, 0.3) is 0 Å². The lowest BCUT2D eigenvalue weighted by Crippen LogP contribution is -2.49. The Bertz CT molecular complexity index is 893. The number of aromatic nitrogens is 2. The average molecular weight is 448 g/mol. The third-order valence-electron chi connectivity index (χ3n) is 5.06. The number of alkyl halides is 3. The van der Waals surface area contributed by atoms with E-state index in [1.807, 2.05) is 0 Å². The minimum atomic E-state index is -2.88. The van der Waals surface area contributed by atoms with Crippen LogP contribution >= 0.6 is 23.2 Å². The number of carbonyl (C=O) groups excluding carboxylic acids is 1. The van der Waals surface area contributed by atoms with Gasteiger partial charge in [-0.25, -0.2) is 23.1 Å². The van der Waals surface area contributed by atoms with Crippen molar-refractivity contribution in [1.29, 1.82) is 0 Å². The molecule has 1 unspecified atom stereocenters. The zero-order valence-electron chi connectivity index (χ0n) is 15.1. The van der Waals surface area contributed by atoms with E-state index in [9.17, 15) is 23.1 Å². The molecule has 1 aliphatic rings. The van der Waals surface area contributed by atoms with Gasteiger partial charge in [-0.05, 0) is 37.8 Å². The van der Waals surface area contributed by atoms with E-state index in [2.05, 4.69) is 15.3 Å². The van der Waals surface area contributed by atoms with E-state index < -0.39 is 46.4 Å². The first kappa shape index (κ1) is 21.8. The van der Waals surface area contributed by atoms with Crippen LogP contribution in [0.2, 0.25) is 10.2 Å². The summed E-state index contributed by atoms with van der Waals surface area (Å²) in [6.07, 6.45) is -1.07. The fourth-order valence-electron chi connectivity index (χ4n) is 3.47. The predicted octanol–water partition coefficient (Wildman–Crippen LogP) is 4.84. The van der Waals surface area contributed by atoms with E-state index >= 15 is 0 Å². The normalized spacial score (nSPS) is 23.1. The number of hydrogen-bond donors (Lipinski definition) is 2. The SMILES string of the molecule is O=C(NC(c1cccnc1Cl)C1(O)CCC(F)CC1)c1nccc(C(F)F)c1Cl. The molecule has 10 heteroatoms. The van der Waals surface area contributed by atoms with Crippen LogP contribution in [0.5, 0.6) is 0 Å². The van der Waals surface area contributed by atoms with Gasteiger partial charge in [0.1, 0.15) is 17.0 Å². The molecule has 5 nitrogen and oxygen atoms in total. The van der Waals surface area contributed by atoms with Gasteiger partial charge in [0, 0.05) is 23.5 Å². The molecule has 2 heterocycles. The standard InChI is InChI=1S/C19H18Cl2F3N3O2/c20-13-11(17(23)24)5-9-25-14(13)18(28)27-15(12-2-1-8-26-16(12)21)19(29)6-3-10(22)4-7-19/h1-2,5,8-10,15,17,29H,3-4,6-7H2,(H,27,28). The van der Waals surface area contributed by atoms with Crippen LogP contribution in [-0.4, -0.2) is 32.8 Å². The highest BCUT2D eigenvalue weighted by Gasteiger charge is 2.43. The van der Waals surface area contributed by atoms with Gasteiger partial charge >= 0.3 is 0 Å². The van der Waals surface area contributed by atoms with Crippen LogP contribution < -0.4 is 5.32 Å². The Balaban J connectivity index is 1.97. The van der Waals surface area contributed by atoms with E-state index in [1.165, 1.54) is 6.20 Å². The van der Waals surface area contributed by atoms with Gasteiger partial charge in [0.05, 0.1) is 16.7 Å². The summed E-state index contributed by atoms with van der Waals surface area (Å²) >= 11 is 12.1. The van der Waals surface area contributed by atoms with E-state index in [1.54, 1.807) is 12.1 Å². The molecular weight excluding hydrogens is 430 g/mol. The summed E-state index contributed by atoms with van der Waals surface area (Å²) < 4.78 is 39.8. The molecule has 0 aromatic carbocycles. The molecule has 0 bridgehead atoms. The summed E-state index contributed by atoms with van der Waals surface area (Å²) in [5.74, 6) is -0.863. The maximum atomic E-state index is 13.6. The summed E-state index contributed by atoms with van der Waals surface area (Å²) in [4.78, 5) is 20.6.